The number of carbonyl (C=O) groups excluding carboxylic acids is 1. The molecule has 2 heteroatoms. The first-order valence-electron chi connectivity index (χ1n) is 9.20. The van der Waals surface area contributed by atoms with Gasteiger partial charge in [0.1, 0.15) is 6.29 Å². The standard InChI is InChI=1S/C24H28O2/c1-3-8-19(4-2)15-23(17-25)24(18-26)16-20-11-13-22(14-12-20)21-9-6-5-7-10-21/h3-14,17,23-24,26H,15-16,18H2,1-2H3/b8-3-,19-4+/t23-,24-/m1/s1. The molecule has 0 bridgehead atoms. The van der Waals surface area contributed by atoms with E-state index in [1.54, 1.807) is 0 Å². The van der Waals surface area contributed by atoms with Crippen LogP contribution in [0.2, 0.25) is 0 Å². The van der Waals surface area contributed by atoms with E-state index in [1.807, 2.05) is 50.3 Å². The molecule has 0 saturated heterocycles. The van der Waals surface area contributed by atoms with Crippen LogP contribution >= 0.6 is 0 Å². The van der Waals surface area contributed by atoms with Crippen LogP contribution in [0.1, 0.15) is 25.8 Å². The number of benzene rings is 2. The van der Waals surface area contributed by atoms with Crippen LogP contribution in [0.15, 0.2) is 78.4 Å². The molecular weight excluding hydrogens is 320 g/mol. The molecule has 0 heterocycles. The lowest BCUT2D eigenvalue weighted by Crippen LogP contribution is -2.22. The highest BCUT2D eigenvalue weighted by atomic mass is 16.3. The summed E-state index contributed by atoms with van der Waals surface area (Å²) in [7, 11) is 0. The van der Waals surface area contributed by atoms with Gasteiger partial charge in [0.2, 0.25) is 0 Å². The molecule has 0 aliphatic heterocycles. The van der Waals surface area contributed by atoms with Crippen molar-refractivity contribution < 1.29 is 9.90 Å². The van der Waals surface area contributed by atoms with Crippen molar-refractivity contribution in [2.24, 2.45) is 11.8 Å². The van der Waals surface area contributed by atoms with Crippen LogP contribution in [0.3, 0.4) is 0 Å². The Labute approximate surface area is 156 Å². The topological polar surface area (TPSA) is 37.3 Å². The fraction of sp³-hybridized carbons (Fsp3) is 0.292. The number of carbonyl (C=O) groups is 1. The van der Waals surface area contributed by atoms with Crippen molar-refractivity contribution in [3.05, 3.63) is 84.0 Å². The Balaban J connectivity index is 2.09. The summed E-state index contributed by atoms with van der Waals surface area (Å²) in [5.41, 5.74) is 4.63. The molecular formula is C24H28O2. The summed E-state index contributed by atoms with van der Waals surface area (Å²) in [6.45, 7) is 3.96. The van der Waals surface area contributed by atoms with Crippen LogP contribution in [0.25, 0.3) is 11.1 Å². The van der Waals surface area contributed by atoms with Gasteiger partial charge in [-0.2, -0.15) is 0 Å². The van der Waals surface area contributed by atoms with Gasteiger partial charge in [0.25, 0.3) is 0 Å². The van der Waals surface area contributed by atoms with Crippen molar-refractivity contribution in [3.63, 3.8) is 0 Å². The maximum absolute atomic E-state index is 11.6. The lowest BCUT2D eigenvalue weighted by Gasteiger charge is -2.21. The SMILES string of the molecule is C/C=C\C(=C/C)C[C@H](C=O)[C@@H](CO)Cc1ccc(-c2ccccc2)cc1. The highest BCUT2D eigenvalue weighted by molar-refractivity contribution is 5.63. The van der Waals surface area contributed by atoms with Crippen LogP contribution in [0.5, 0.6) is 0 Å². The van der Waals surface area contributed by atoms with Crippen molar-refractivity contribution in [2.75, 3.05) is 6.61 Å². The van der Waals surface area contributed by atoms with E-state index < -0.39 is 0 Å². The van der Waals surface area contributed by atoms with Crippen molar-refractivity contribution in [1.29, 1.82) is 0 Å². The fourth-order valence-corrected chi connectivity index (χ4v) is 3.21. The van der Waals surface area contributed by atoms with E-state index in [4.69, 9.17) is 0 Å². The second-order valence-corrected chi connectivity index (χ2v) is 6.58. The zero-order chi connectivity index (χ0) is 18.8. The molecule has 1 N–H and O–H groups in total. The van der Waals surface area contributed by atoms with Crippen molar-refractivity contribution in [1.82, 2.24) is 0 Å². The van der Waals surface area contributed by atoms with E-state index in [0.29, 0.717) is 12.8 Å². The quantitative estimate of drug-likeness (QED) is 0.497. The molecule has 0 aromatic heterocycles. The number of aliphatic hydroxyl groups excluding tert-OH is 1. The van der Waals surface area contributed by atoms with Gasteiger partial charge in [0.15, 0.2) is 0 Å². The van der Waals surface area contributed by atoms with E-state index >= 15 is 0 Å². The Morgan fingerprint density at radius 3 is 2.19 bits per heavy atom. The van der Waals surface area contributed by atoms with E-state index in [0.717, 1.165) is 17.4 Å². The minimum absolute atomic E-state index is 0.0106. The third-order valence-electron chi connectivity index (χ3n) is 4.80. The zero-order valence-electron chi connectivity index (χ0n) is 15.6. The number of allylic oxidation sites excluding steroid dienone is 4. The normalized spacial score (nSPS) is 14.3. The molecule has 0 aliphatic carbocycles. The second-order valence-electron chi connectivity index (χ2n) is 6.58. The molecule has 2 nitrogen and oxygen atoms in total. The van der Waals surface area contributed by atoms with Gasteiger partial charge in [0, 0.05) is 12.5 Å². The first-order valence-corrected chi connectivity index (χ1v) is 9.20. The first kappa shape index (κ1) is 19.9. The van der Waals surface area contributed by atoms with Gasteiger partial charge in [-0.05, 0) is 49.3 Å². The Kier molecular flexibility index (Phi) is 8.04. The van der Waals surface area contributed by atoms with Gasteiger partial charge in [-0.15, -0.1) is 0 Å². The highest BCUT2D eigenvalue weighted by Crippen LogP contribution is 2.25. The number of rotatable bonds is 9. The Morgan fingerprint density at radius 1 is 1.00 bits per heavy atom. The smallest absolute Gasteiger partial charge is 0.123 e. The molecule has 26 heavy (non-hydrogen) atoms. The number of hydrogen-bond acceptors (Lipinski definition) is 2. The van der Waals surface area contributed by atoms with E-state index in [2.05, 4.69) is 36.4 Å². The Morgan fingerprint density at radius 2 is 1.65 bits per heavy atom. The van der Waals surface area contributed by atoms with Gasteiger partial charge in [0.05, 0.1) is 0 Å². The molecule has 0 saturated carbocycles. The highest BCUT2D eigenvalue weighted by Gasteiger charge is 2.21. The van der Waals surface area contributed by atoms with Crippen LogP contribution in [0, 0.1) is 11.8 Å². The van der Waals surface area contributed by atoms with Crippen LogP contribution in [-0.4, -0.2) is 18.0 Å². The summed E-state index contributed by atoms with van der Waals surface area (Å²) >= 11 is 0. The molecule has 0 radical (unpaired) electrons. The molecule has 2 rings (SSSR count). The number of aldehydes is 1. The van der Waals surface area contributed by atoms with Crippen LogP contribution < -0.4 is 0 Å². The zero-order valence-corrected chi connectivity index (χ0v) is 15.6. The summed E-state index contributed by atoms with van der Waals surface area (Å²) in [5, 5.41) is 9.84. The summed E-state index contributed by atoms with van der Waals surface area (Å²) in [6.07, 6.45) is 8.39. The predicted molar refractivity (Wildman–Crippen MR) is 109 cm³/mol. The lowest BCUT2D eigenvalue weighted by atomic mass is 9.83. The maximum Gasteiger partial charge on any atom is 0.123 e. The minimum atomic E-state index is -0.184. The largest absolute Gasteiger partial charge is 0.396 e. The molecule has 2 atom stereocenters. The monoisotopic (exact) mass is 348 g/mol. The molecule has 0 amide bonds. The molecule has 2 aromatic rings. The summed E-state index contributed by atoms with van der Waals surface area (Å²) in [4.78, 5) is 11.6. The molecule has 2 aromatic carbocycles. The molecule has 136 valence electrons. The fourth-order valence-electron chi connectivity index (χ4n) is 3.21. The van der Waals surface area contributed by atoms with Gasteiger partial charge in [-0.3, -0.25) is 0 Å². The number of aliphatic hydroxyl groups is 1. The molecule has 0 fully saturated rings. The van der Waals surface area contributed by atoms with Crippen LogP contribution in [0.4, 0.5) is 0 Å². The summed E-state index contributed by atoms with van der Waals surface area (Å²) in [6, 6.07) is 18.6. The average molecular weight is 348 g/mol. The minimum Gasteiger partial charge on any atom is -0.396 e. The van der Waals surface area contributed by atoms with E-state index in [1.165, 1.54) is 11.1 Å². The summed E-state index contributed by atoms with van der Waals surface area (Å²) < 4.78 is 0. The molecule has 0 unspecified atom stereocenters. The van der Waals surface area contributed by atoms with Crippen molar-refractivity contribution in [3.8, 4) is 11.1 Å². The summed E-state index contributed by atoms with van der Waals surface area (Å²) in [5.74, 6) is -0.258. The van der Waals surface area contributed by atoms with E-state index in [9.17, 15) is 9.90 Å². The van der Waals surface area contributed by atoms with Gasteiger partial charge in [-0.1, -0.05) is 78.4 Å². The third kappa shape index (κ3) is 5.53. The predicted octanol–water partition coefficient (Wildman–Crippen LogP) is 5.23. The third-order valence-corrected chi connectivity index (χ3v) is 4.80. The lowest BCUT2D eigenvalue weighted by molar-refractivity contribution is -0.113. The van der Waals surface area contributed by atoms with Gasteiger partial charge < -0.3 is 9.90 Å². The Bertz CT molecular complexity index is 727. The first-order chi connectivity index (χ1) is 12.7. The second kappa shape index (κ2) is 10.5. The van der Waals surface area contributed by atoms with Crippen molar-refractivity contribution in [2.45, 2.75) is 26.7 Å². The van der Waals surface area contributed by atoms with Gasteiger partial charge >= 0.3 is 0 Å². The molecule has 0 aliphatic rings. The molecule has 0 spiro atoms. The van der Waals surface area contributed by atoms with Crippen LogP contribution in [-0.2, 0) is 11.2 Å². The average Bonchev–Trinajstić information content (AvgIpc) is 2.70. The Hall–Kier alpha value is -2.45. The number of hydrogen-bond donors (Lipinski definition) is 1. The maximum atomic E-state index is 11.6. The van der Waals surface area contributed by atoms with E-state index in [-0.39, 0.29) is 18.4 Å². The van der Waals surface area contributed by atoms with Gasteiger partial charge in [-0.25, -0.2) is 0 Å². The van der Waals surface area contributed by atoms with Crippen molar-refractivity contribution >= 4 is 6.29 Å².